The maximum Gasteiger partial charge on any atom is 0.119 e. The molecule has 0 amide bonds. The van der Waals surface area contributed by atoms with Gasteiger partial charge in [-0.15, -0.1) is 0 Å². The molecular formula is C17H24BrN3O. The van der Waals surface area contributed by atoms with Crippen LogP contribution < -0.4 is 10.1 Å². The Morgan fingerprint density at radius 1 is 1.27 bits per heavy atom. The van der Waals surface area contributed by atoms with Crippen LogP contribution in [0.5, 0.6) is 5.75 Å². The molecule has 1 aromatic rings. The standard InChI is InChI=1S/C17H24BrN3O/c1-20-13-16(18)17(19)14-5-7-15(8-6-14)22-12-11-21-9-3-2-4-10-21/h5-8,13,19-20H,2-4,9-12H2,1H3/b16-13+,19-17?. The molecule has 0 bridgehead atoms. The summed E-state index contributed by atoms with van der Waals surface area (Å²) in [5.74, 6) is 0.863. The molecule has 5 heteroatoms. The lowest BCUT2D eigenvalue weighted by molar-refractivity contribution is 0.183. The third kappa shape index (κ3) is 5.14. The largest absolute Gasteiger partial charge is 0.492 e. The average Bonchev–Trinajstić information content (AvgIpc) is 2.56. The van der Waals surface area contributed by atoms with E-state index < -0.39 is 0 Å². The van der Waals surface area contributed by atoms with E-state index in [2.05, 4.69) is 26.1 Å². The van der Waals surface area contributed by atoms with Gasteiger partial charge in [0, 0.05) is 25.4 Å². The average molecular weight is 366 g/mol. The Hall–Kier alpha value is -1.33. The summed E-state index contributed by atoms with van der Waals surface area (Å²) >= 11 is 3.38. The molecule has 1 saturated heterocycles. The van der Waals surface area contributed by atoms with Crippen molar-refractivity contribution >= 4 is 21.6 Å². The molecule has 0 aromatic heterocycles. The highest BCUT2D eigenvalue weighted by Crippen LogP contribution is 2.17. The van der Waals surface area contributed by atoms with Crippen molar-refractivity contribution < 1.29 is 4.74 Å². The molecule has 1 fully saturated rings. The van der Waals surface area contributed by atoms with Gasteiger partial charge in [-0.1, -0.05) is 6.42 Å². The lowest BCUT2D eigenvalue weighted by Crippen LogP contribution is -2.33. The second-order valence-electron chi connectivity index (χ2n) is 5.43. The Kier molecular flexibility index (Phi) is 6.93. The van der Waals surface area contributed by atoms with Gasteiger partial charge in [-0.05, 0) is 66.1 Å². The Balaban J connectivity index is 1.81. The van der Waals surface area contributed by atoms with Crippen LogP contribution in [-0.2, 0) is 0 Å². The smallest absolute Gasteiger partial charge is 0.119 e. The van der Waals surface area contributed by atoms with E-state index in [9.17, 15) is 0 Å². The van der Waals surface area contributed by atoms with Gasteiger partial charge < -0.3 is 10.1 Å². The molecule has 0 radical (unpaired) electrons. The molecule has 0 saturated carbocycles. The Bertz CT molecular complexity index is 507. The first-order valence-corrected chi connectivity index (χ1v) is 8.57. The van der Waals surface area contributed by atoms with Gasteiger partial charge in [0.1, 0.15) is 12.4 Å². The first-order chi connectivity index (χ1) is 10.7. The molecule has 0 spiro atoms. The van der Waals surface area contributed by atoms with Crippen LogP contribution >= 0.6 is 15.9 Å². The SMILES string of the molecule is CN/C=C(/Br)C(=N)c1ccc(OCCN2CCCCC2)cc1. The van der Waals surface area contributed by atoms with Gasteiger partial charge >= 0.3 is 0 Å². The van der Waals surface area contributed by atoms with E-state index in [1.807, 2.05) is 31.3 Å². The number of piperidine rings is 1. The minimum atomic E-state index is 0.453. The van der Waals surface area contributed by atoms with Crippen molar-refractivity contribution in [3.8, 4) is 5.75 Å². The van der Waals surface area contributed by atoms with Crippen LogP contribution in [-0.4, -0.2) is 43.9 Å². The number of benzene rings is 1. The number of halogens is 1. The molecule has 4 nitrogen and oxygen atoms in total. The Morgan fingerprint density at radius 3 is 2.59 bits per heavy atom. The highest BCUT2D eigenvalue weighted by atomic mass is 79.9. The quantitative estimate of drug-likeness (QED) is 0.728. The van der Waals surface area contributed by atoms with Gasteiger partial charge in [-0.25, -0.2) is 0 Å². The van der Waals surface area contributed by atoms with E-state index in [1.165, 1.54) is 32.4 Å². The first-order valence-electron chi connectivity index (χ1n) is 7.78. The maximum absolute atomic E-state index is 8.08. The molecule has 0 aliphatic carbocycles. The lowest BCUT2D eigenvalue weighted by Gasteiger charge is -2.26. The molecule has 120 valence electrons. The molecule has 2 N–H and O–H groups in total. The number of rotatable bonds is 7. The van der Waals surface area contributed by atoms with Crippen molar-refractivity contribution in [2.45, 2.75) is 19.3 Å². The molecule has 2 rings (SSSR count). The first kappa shape index (κ1) is 17.0. The van der Waals surface area contributed by atoms with Crippen LogP contribution in [0.2, 0.25) is 0 Å². The third-order valence-electron chi connectivity index (χ3n) is 3.78. The van der Waals surface area contributed by atoms with Crippen LogP contribution in [0.15, 0.2) is 34.9 Å². The molecule has 1 aliphatic rings. The number of hydrogen-bond donors (Lipinski definition) is 2. The number of likely N-dealkylation sites (tertiary alicyclic amines) is 1. The number of hydrogen-bond acceptors (Lipinski definition) is 4. The summed E-state index contributed by atoms with van der Waals surface area (Å²) in [4.78, 5) is 2.47. The summed E-state index contributed by atoms with van der Waals surface area (Å²) in [5.41, 5.74) is 1.32. The maximum atomic E-state index is 8.08. The van der Waals surface area contributed by atoms with Crippen molar-refractivity contribution in [1.82, 2.24) is 10.2 Å². The van der Waals surface area contributed by atoms with Crippen LogP contribution in [0.3, 0.4) is 0 Å². The summed E-state index contributed by atoms with van der Waals surface area (Å²) in [6.45, 7) is 4.12. The minimum Gasteiger partial charge on any atom is -0.492 e. The predicted molar refractivity (Wildman–Crippen MR) is 95.1 cm³/mol. The van der Waals surface area contributed by atoms with E-state index in [1.54, 1.807) is 6.20 Å². The topological polar surface area (TPSA) is 48.4 Å². The highest BCUT2D eigenvalue weighted by molar-refractivity contribution is 9.12. The van der Waals surface area contributed by atoms with Gasteiger partial charge in [0.15, 0.2) is 0 Å². The predicted octanol–water partition coefficient (Wildman–Crippen LogP) is 3.37. The number of allylic oxidation sites excluding steroid dienone is 1. The van der Waals surface area contributed by atoms with Gasteiger partial charge in [0.05, 0.1) is 10.2 Å². The van der Waals surface area contributed by atoms with Gasteiger partial charge in [0.25, 0.3) is 0 Å². The number of nitrogens with zero attached hydrogens (tertiary/aromatic N) is 1. The summed E-state index contributed by atoms with van der Waals surface area (Å²) in [5, 5.41) is 11.0. The molecule has 22 heavy (non-hydrogen) atoms. The van der Waals surface area contributed by atoms with Crippen LogP contribution in [0.4, 0.5) is 0 Å². The van der Waals surface area contributed by atoms with Gasteiger partial charge in [-0.2, -0.15) is 0 Å². The summed E-state index contributed by atoms with van der Waals surface area (Å²) in [7, 11) is 1.81. The normalized spacial score (nSPS) is 16.4. The van der Waals surface area contributed by atoms with Crippen molar-refractivity contribution in [3.63, 3.8) is 0 Å². The van der Waals surface area contributed by atoms with E-state index in [-0.39, 0.29) is 0 Å². The number of nitrogens with one attached hydrogen (secondary N) is 2. The zero-order chi connectivity index (χ0) is 15.8. The molecule has 0 unspecified atom stereocenters. The molecular weight excluding hydrogens is 342 g/mol. The second-order valence-corrected chi connectivity index (χ2v) is 6.29. The molecule has 1 heterocycles. The van der Waals surface area contributed by atoms with E-state index in [0.29, 0.717) is 5.71 Å². The number of ether oxygens (including phenoxy) is 1. The fourth-order valence-corrected chi connectivity index (χ4v) is 2.99. The monoisotopic (exact) mass is 365 g/mol. The fraction of sp³-hybridized carbons (Fsp3) is 0.471. The summed E-state index contributed by atoms with van der Waals surface area (Å²) < 4.78 is 6.53. The molecule has 0 atom stereocenters. The van der Waals surface area contributed by atoms with E-state index in [0.717, 1.165) is 28.9 Å². The summed E-state index contributed by atoms with van der Waals surface area (Å²) in [6.07, 6.45) is 5.74. The Labute approximate surface area is 141 Å². The summed E-state index contributed by atoms with van der Waals surface area (Å²) in [6, 6.07) is 7.70. The highest BCUT2D eigenvalue weighted by Gasteiger charge is 2.09. The molecule has 1 aromatic carbocycles. The van der Waals surface area contributed by atoms with Crippen LogP contribution in [0, 0.1) is 5.41 Å². The third-order valence-corrected chi connectivity index (χ3v) is 4.40. The minimum absolute atomic E-state index is 0.453. The van der Waals surface area contributed by atoms with Crippen molar-refractivity contribution in [3.05, 3.63) is 40.5 Å². The van der Waals surface area contributed by atoms with Crippen molar-refractivity contribution in [2.24, 2.45) is 0 Å². The lowest BCUT2D eigenvalue weighted by atomic mass is 10.1. The van der Waals surface area contributed by atoms with Gasteiger partial charge in [-0.3, -0.25) is 10.3 Å². The van der Waals surface area contributed by atoms with Crippen LogP contribution in [0.1, 0.15) is 24.8 Å². The van der Waals surface area contributed by atoms with Crippen molar-refractivity contribution in [2.75, 3.05) is 33.3 Å². The van der Waals surface area contributed by atoms with E-state index >= 15 is 0 Å². The van der Waals surface area contributed by atoms with Crippen LogP contribution in [0.25, 0.3) is 0 Å². The Morgan fingerprint density at radius 2 is 1.95 bits per heavy atom. The van der Waals surface area contributed by atoms with Crippen molar-refractivity contribution in [1.29, 1.82) is 5.41 Å². The molecule has 1 aliphatic heterocycles. The fourth-order valence-electron chi connectivity index (χ4n) is 2.53. The zero-order valence-corrected chi connectivity index (χ0v) is 14.7. The van der Waals surface area contributed by atoms with E-state index in [4.69, 9.17) is 10.1 Å². The second kappa shape index (κ2) is 8.96. The van der Waals surface area contributed by atoms with Gasteiger partial charge in [0.2, 0.25) is 0 Å². The zero-order valence-electron chi connectivity index (χ0n) is 13.1.